The summed E-state index contributed by atoms with van der Waals surface area (Å²) in [5.41, 5.74) is 23.7. The second-order valence-electron chi connectivity index (χ2n) is 11.7. The van der Waals surface area contributed by atoms with Crippen LogP contribution in [0.3, 0.4) is 0 Å². The highest BCUT2D eigenvalue weighted by Crippen LogP contribution is 2.29. The Morgan fingerprint density at radius 1 is 0.612 bits per heavy atom. The molecule has 4 heterocycles. The second kappa shape index (κ2) is 18.6. The van der Waals surface area contributed by atoms with E-state index in [0.29, 0.717) is 11.7 Å². The van der Waals surface area contributed by atoms with Crippen molar-refractivity contribution in [2.45, 2.75) is 12.8 Å². The Bertz CT molecular complexity index is 1890. The molecule has 2 aromatic carbocycles. The van der Waals surface area contributed by atoms with Crippen LogP contribution in [0.5, 0.6) is 0 Å². The summed E-state index contributed by atoms with van der Waals surface area (Å²) < 4.78 is 0. The van der Waals surface area contributed by atoms with Gasteiger partial charge in [0.2, 0.25) is 0 Å². The second-order valence-corrected chi connectivity index (χ2v) is 12.0. The standard InChI is InChI=1S/C19H23N5.C16H14ClN3.C3H10N2/c1-24(2)15-8-6-14(7-9-15)17-13-18-16(5-3-11-21-18)19(23-17)22-12-4-10-20;1-20(2)12-7-5-11(6-8-12)14-10-15-13(16(17)19-14)4-3-9-18-15;4-2-1-3-5/h3,5-9,11,13H,4,10,12,20H2,1-2H3,(H,22,23);3-10H,1-2H3;1-5H2. The number of fused-ring (bicyclic) bond motifs is 2. The Kier molecular flexibility index (Phi) is 14.0. The SMILES string of the molecule is CN(C)c1ccc(-c2cc3ncccc3c(Cl)n2)cc1.CN(C)c1ccc(-c2cc3ncccc3c(NCCCN)n2)cc1.NCCCN. The fourth-order valence-corrected chi connectivity index (χ4v) is 5.08. The van der Waals surface area contributed by atoms with Crippen molar-refractivity contribution in [2.75, 3.05) is 69.5 Å². The zero-order valence-electron chi connectivity index (χ0n) is 28.8. The minimum atomic E-state index is 0.488. The van der Waals surface area contributed by atoms with Gasteiger partial charge in [0.1, 0.15) is 11.0 Å². The highest BCUT2D eigenvalue weighted by Gasteiger charge is 2.09. The fourth-order valence-electron chi connectivity index (χ4n) is 4.83. The maximum atomic E-state index is 6.23. The number of aromatic nitrogens is 4. The first kappa shape index (κ1) is 37.0. The molecule has 4 aromatic heterocycles. The smallest absolute Gasteiger partial charge is 0.139 e. The molecule has 0 aliphatic rings. The number of anilines is 3. The maximum absolute atomic E-state index is 6.23. The molecule has 0 amide bonds. The Hall–Kier alpha value is -4.87. The van der Waals surface area contributed by atoms with Crippen LogP contribution in [0.4, 0.5) is 17.2 Å². The predicted molar refractivity (Wildman–Crippen MR) is 208 cm³/mol. The summed E-state index contributed by atoms with van der Waals surface area (Å²) in [5, 5.41) is 5.79. The number of nitrogens with zero attached hydrogens (tertiary/aromatic N) is 6. The molecule has 0 spiro atoms. The number of nitrogens with two attached hydrogens (primary N) is 3. The maximum Gasteiger partial charge on any atom is 0.139 e. The third-order valence-electron chi connectivity index (χ3n) is 7.59. The molecule has 6 rings (SSSR count). The molecule has 0 saturated heterocycles. The van der Waals surface area contributed by atoms with Crippen molar-refractivity contribution in [2.24, 2.45) is 17.2 Å². The van der Waals surface area contributed by atoms with Crippen molar-refractivity contribution in [3.8, 4) is 22.5 Å². The molecule has 0 unspecified atom stereocenters. The largest absolute Gasteiger partial charge is 0.378 e. The first-order valence-electron chi connectivity index (χ1n) is 16.3. The van der Waals surface area contributed by atoms with Crippen molar-refractivity contribution in [1.82, 2.24) is 19.9 Å². The van der Waals surface area contributed by atoms with Gasteiger partial charge >= 0.3 is 0 Å². The normalized spacial score (nSPS) is 10.5. The molecule has 0 bridgehead atoms. The van der Waals surface area contributed by atoms with Crippen LogP contribution in [0.2, 0.25) is 5.15 Å². The minimum absolute atomic E-state index is 0.488. The van der Waals surface area contributed by atoms with Gasteiger partial charge < -0.3 is 32.3 Å². The lowest BCUT2D eigenvalue weighted by Gasteiger charge is -2.14. The number of rotatable bonds is 10. The summed E-state index contributed by atoms with van der Waals surface area (Å²) in [6.07, 6.45) is 5.42. The van der Waals surface area contributed by atoms with E-state index in [0.717, 1.165) is 88.3 Å². The highest BCUT2D eigenvalue weighted by molar-refractivity contribution is 6.34. The van der Waals surface area contributed by atoms with Crippen LogP contribution in [-0.4, -0.2) is 74.3 Å². The van der Waals surface area contributed by atoms with Crippen LogP contribution in [0.1, 0.15) is 12.8 Å². The Morgan fingerprint density at radius 3 is 1.55 bits per heavy atom. The Balaban J connectivity index is 0.000000197. The van der Waals surface area contributed by atoms with Crippen molar-refractivity contribution >= 4 is 50.6 Å². The van der Waals surface area contributed by atoms with Crippen LogP contribution in [0, 0.1) is 0 Å². The van der Waals surface area contributed by atoms with E-state index in [9.17, 15) is 0 Å². The number of hydrogen-bond acceptors (Lipinski definition) is 10. The van der Waals surface area contributed by atoms with Gasteiger partial charge in [-0.05, 0) is 93.1 Å². The first-order chi connectivity index (χ1) is 23.7. The molecule has 0 fully saturated rings. The molecule has 11 heteroatoms. The molecule has 256 valence electrons. The first-order valence-corrected chi connectivity index (χ1v) is 16.7. The van der Waals surface area contributed by atoms with Crippen LogP contribution in [0.15, 0.2) is 97.3 Å². The number of benzene rings is 2. The van der Waals surface area contributed by atoms with Crippen molar-refractivity contribution in [1.29, 1.82) is 0 Å². The third-order valence-corrected chi connectivity index (χ3v) is 7.88. The Labute approximate surface area is 294 Å². The van der Waals surface area contributed by atoms with E-state index in [-0.39, 0.29) is 0 Å². The van der Waals surface area contributed by atoms with E-state index in [2.05, 4.69) is 66.5 Å². The van der Waals surface area contributed by atoms with E-state index >= 15 is 0 Å². The van der Waals surface area contributed by atoms with Crippen LogP contribution in [-0.2, 0) is 0 Å². The minimum Gasteiger partial charge on any atom is -0.378 e. The number of nitrogens with one attached hydrogen (secondary N) is 1. The predicted octanol–water partition coefficient (Wildman–Crippen LogP) is 6.43. The molecule has 10 nitrogen and oxygen atoms in total. The third kappa shape index (κ3) is 10.3. The molecule has 7 N–H and O–H groups in total. The van der Waals surface area contributed by atoms with E-state index in [4.69, 9.17) is 33.8 Å². The van der Waals surface area contributed by atoms with Crippen LogP contribution < -0.4 is 32.3 Å². The van der Waals surface area contributed by atoms with Crippen LogP contribution >= 0.6 is 11.6 Å². The number of hydrogen-bond donors (Lipinski definition) is 4. The highest BCUT2D eigenvalue weighted by atomic mass is 35.5. The molecule has 6 aromatic rings. The summed E-state index contributed by atoms with van der Waals surface area (Å²) in [4.78, 5) is 22.2. The quantitative estimate of drug-likeness (QED) is 0.0943. The lowest BCUT2D eigenvalue weighted by molar-refractivity contribution is 0.844. The molecule has 49 heavy (non-hydrogen) atoms. The van der Waals surface area contributed by atoms with Gasteiger partial charge in [0, 0.05) is 80.4 Å². The van der Waals surface area contributed by atoms with Crippen molar-refractivity contribution in [3.63, 3.8) is 0 Å². The summed E-state index contributed by atoms with van der Waals surface area (Å²) in [6, 6.07) is 28.4. The van der Waals surface area contributed by atoms with E-state index in [1.165, 1.54) is 5.69 Å². The molecule has 0 aliphatic carbocycles. The number of pyridine rings is 4. The fraction of sp³-hybridized carbons (Fsp3) is 0.263. The van der Waals surface area contributed by atoms with E-state index in [1.54, 1.807) is 6.20 Å². The number of halogens is 1. The lowest BCUT2D eigenvalue weighted by Crippen LogP contribution is -2.10. The van der Waals surface area contributed by atoms with Gasteiger partial charge in [0.05, 0.1) is 22.4 Å². The topological polar surface area (TPSA) is 148 Å². The molecule has 0 aliphatic heterocycles. The average Bonchev–Trinajstić information content (AvgIpc) is 3.12. The van der Waals surface area contributed by atoms with E-state index in [1.807, 2.05) is 82.9 Å². The molecule has 0 radical (unpaired) electrons. The molecule has 0 atom stereocenters. The van der Waals surface area contributed by atoms with Gasteiger partial charge in [-0.25, -0.2) is 9.97 Å². The van der Waals surface area contributed by atoms with Gasteiger partial charge in [-0.3, -0.25) is 9.97 Å². The van der Waals surface area contributed by atoms with Gasteiger partial charge in [-0.1, -0.05) is 35.9 Å². The monoisotopic (exact) mass is 678 g/mol. The summed E-state index contributed by atoms with van der Waals surface area (Å²) in [7, 11) is 8.10. The average molecular weight is 679 g/mol. The lowest BCUT2D eigenvalue weighted by atomic mass is 10.1. The Morgan fingerprint density at radius 2 is 1.08 bits per heavy atom. The summed E-state index contributed by atoms with van der Waals surface area (Å²) in [6.45, 7) is 2.90. The van der Waals surface area contributed by atoms with Crippen molar-refractivity contribution in [3.05, 3.63) is 102 Å². The molecular weight excluding hydrogens is 632 g/mol. The summed E-state index contributed by atoms with van der Waals surface area (Å²) in [5.74, 6) is 0.862. The van der Waals surface area contributed by atoms with Gasteiger partial charge in [-0.2, -0.15) is 0 Å². The van der Waals surface area contributed by atoms with Gasteiger partial charge in [0.25, 0.3) is 0 Å². The summed E-state index contributed by atoms with van der Waals surface area (Å²) >= 11 is 6.23. The zero-order chi connectivity index (χ0) is 35.2. The molecule has 0 saturated carbocycles. The van der Waals surface area contributed by atoms with Crippen LogP contribution in [0.25, 0.3) is 44.3 Å². The zero-order valence-corrected chi connectivity index (χ0v) is 29.5. The van der Waals surface area contributed by atoms with Gasteiger partial charge in [-0.15, -0.1) is 0 Å². The van der Waals surface area contributed by atoms with Crippen molar-refractivity contribution < 1.29 is 0 Å². The molecular formula is C38H47ClN10. The van der Waals surface area contributed by atoms with E-state index < -0.39 is 0 Å². The van der Waals surface area contributed by atoms with Gasteiger partial charge in [0.15, 0.2) is 0 Å².